The number of ether oxygens (including phenoxy) is 4. The highest BCUT2D eigenvalue weighted by Crippen LogP contribution is 2.41. The summed E-state index contributed by atoms with van der Waals surface area (Å²) >= 11 is 0. The summed E-state index contributed by atoms with van der Waals surface area (Å²) in [6.45, 7) is 5.63. The van der Waals surface area contributed by atoms with Crippen molar-refractivity contribution in [3.8, 4) is 23.0 Å². The smallest absolute Gasteiger partial charge is 0.254 e. The summed E-state index contributed by atoms with van der Waals surface area (Å²) in [5, 5.41) is 9.20. The second kappa shape index (κ2) is 12.5. The molecule has 4 rings (SSSR count). The number of benzene rings is 3. The van der Waals surface area contributed by atoms with Gasteiger partial charge in [0.25, 0.3) is 11.8 Å². The maximum Gasteiger partial charge on any atom is 0.254 e. The zero-order valence-electron chi connectivity index (χ0n) is 24.3. The molecule has 9 nitrogen and oxygen atoms in total. The molecule has 0 fully saturated rings. The first-order valence-electron chi connectivity index (χ1n) is 13.0. The van der Waals surface area contributed by atoms with E-state index in [4.69, 9.17) is 18.9 Å². The van der Waals surface area contributed by atoms with Gasteiger partial charge in [-0.15, -0.1) is 0 Å². The SMILES string of the molecule is COc1ccc(OC)c(NC(=O)C2=C(C)NC(C)=C(C(=O)Nc3cc(OC)ccc3OC)C2c2ccc(C)cc2)c1. The van der Waals surface area contributed by atoms with Crippen LogP contribution in [0, 0.1) is 6.92 Å². The lowest BCUT2D eigenvalue weighted by molar-refractivity contribution is -0.113. The molecule has 0 spiro atoms. The van der Waals surface area contributed by atoms with Gasteiger partial charge in [-0.25, -0.2) is 0 Å². The molecule has 9 heteroatoms. The van der Waals surface area contributed by atoms with Gasteiger partial charge in [0.2, 0.25) is 0 Å². The molecule has 0 bridgehead atoms. The number of nitrogens with one attached hydrogen (secondary N) is 3. The van der Waals surface area contributed by atoms with Gasteiger partial charge in [-0.3, -0.25) is 9.59 Å². The summed E-state index contributed by atoms with van der Waals surface area (Å²) in [5.41, 5.74) is 4.78. The molecule has 3 aromatic carbocycles. The number of carbonyl (C=O) groups excluding carboxylic acids is 2. The molecule has 41 heavy (non-hydrogen) atoms. The summed E-state index contributed by atoms with van der Waals surface area (Å²) in [6.07, 6.45) is 0. The summed E-state index contributed by atoms with van der Waals surface area (Å²) in [7, 11) is 6.16. The number of aryl methyl sites for hydroxylation is 1. The molecule has 0 saturated carbocycles. The van der Waals surface area contributed by atoms with Crippen LogP contribution >= 0.6 is 0 Å². The van der Waals surface area contributed by atoms with Crippen LogP contribution < -0.4 is 34.9 Å². The molecule has 0 unspecified atom stereocenters. The van der Waals surface area contributed by atoms with E-state index in [2.05, 4.69) is 16.0 Å². The molecular formula is C32H35N3O6. The quantitative estimate of drug-likeness (QED) is 0.317. The van der Waals surface area contributed by atoms with E-state index < -0.39 is 5.92 Å². The molecule has 3 N–H and O–H groups in total. The van der Waals surface area contributed by atoms with Gasteiger partial charge in [-0.1, -0.05) is 29.8 Å². The van der Waals surface area contributed by atoms with Crippen LogP contribution in [0.25, 0.3) is 0 Å². The van der Waals surface area contributed by atoms with Crippen molar-refractivity contribution in [2.45, 2.75) is 26.7 Å². The molecule has 1 aliphatic rings. The lowest BCUT2D eigenvalue weighted by atomic mass is 9.79. The minimum atomic E-state index is -0.676. The van der Waals surface area contributed by atoms with Crippen LogP contribution in [0.1, 0.15) is 30.9 Å². The fourth-order valence-corrected chi connectivity index (χ4v) is 4.89. The van der Waals surface area contributed by atoms with Gasteiger partial charge < -0.3 is 34.9 Å². The average Bonchev–Trinajstić information content (AvgIpc) is 2.96. The minimum absolute atomic E-state index is 0.385. The fourth-order valence-electron chi connectivity index (χ4n) is 4.89. The molecule has 1 heterocycles. The Hall–Kier alpha value is -4.92. The van der Waals surface area contributed by atoms with E-state index in [1.54, 1.807) is 50.6 Å². The van der Waals surface area contributed by atoms with Crippen LogP contribution in [0.15, 0.2) is 83.2 Å². The number of carbonyl (C=O) groups is 2. The molecule has 2 amide bonds. The van der Waals surface area contributed by atoms with Crippen LogP contribution in [0.4, 0.5) is 11.4 Å². The third-order valence-electron chi connectivity index (χ3n) is 6.97. The molecule has 0 atom stereocenters. The van der Waals surface area contributed by atoms with Crippen molar-refractivity contribution in [3.05, 3.63) is 94.3 Å². The van der Waals surface area contributed by atoms with Crippen LogP contribution in [0.2, 0.25) is 0 Å². The fraction of sp³-hybridized carbons (Fsp3) is 0.250. The van der Waals surface area contributed by atoms with Gasteiger partial charge in [-0.2, -0.15) is 0 Å². The van der Waals surface area contributed by atoms with E-state index in [-0.39, 0.29) is 11.8 Å². The zero-order valence-corrected chi connectivity index (χ0v) is 24.3. The van der Waals surface area contributed by atoms with Crippen molar-refractivity contribution in [1.29, 1.82) is 0 Å². The number of allylic oxidation sites excluding steroid dienone is 2. The van der Waals surface area contributed by atoms with E-state index in [1.807, 2.05) is 45.0 Å². The number of rotatable bonds is 9. The van der Waals surface area contributed by atoms with Crippen molar-refractivity contribution in [1.82, 2.24) is 5.32 Å². The topological polar surface area (TPSA) is 107 Å². The molecule has 3 aromatic rings. The van der Waals surface area contributed by atoms with E-state index in [0.29, 0.717) is 56.9 Å². The highest BCUT2D eigenvalue weighted by molar-refractivity contribution is 6.12. The molecule has 1 aliphatic heterocycles. The number of hydrogen-bond donors (Lipinski definition) is 3. The van der Waals surface area contributed by atoms with Crippen molar-refractivity contribution in [3.63, 3.8) is 0 Å². The Balaban J connectivity index is 1.79. The summed E-state index contributed by atoms with van der Waals surface area (Å²) < 4.78 is 21.6. The standard InChI is InChI=1S/C32H35N3O6/c1-18-8-10-21(11-9-18)30-28(31(36)34-24-16-22(38-4)12-14-26(24)40-6)19(2)33-20(3)29(30)32(37)35-25-17-23(39-5)13-15-27(25)41-7/h8-17,30,33H,1-7H3,(H,34,36)(H,35,37). The van der Waals surface area contributed by atoms with Gasteiger partial charge in [0.15, 0.2) is 0 Å². The number of dihydropyridines is 1. The molecule has 0 aliphatic carbocycles. The van der Waals surface area contributed by atoms with Crippen molar-refractivity contribution < 1.29 is 28.5 Å². The van der Waals surface area contributed by atoms with Crippen molar-refractivity contribution in [2.24, 2.45) is 0 Å². The highest BCUT2D eigenvalue weighted by Gasteiger charge is 2.37. The van der Waals surface area contributed by atoms with Gasteiger partial charge in [0.05, 0.1) is 39.8 Å². The monoisotopic (exact) mass is 557 g/mol. The first-order valence-corrected chi connectivity index (χ1v) is 13.0. The van der Waals surface area contributed by atoms with Crippen LogP contribution in [0.5, 0.6) is 23.0 Å². The van der Waals surface area contributed by atoms with Crippen LogP contribution in [-0.2, 0) is 9.59 Å². The Labute approximate surface area is 240 Å². The van der Waals surface area contributed by atoms with Gasteiger partial charge in [0, 0.05) is 40.6 Å². The predicted molar refractivity (Wildman–Crippen MR) is 159 cm³/mol. The summed E-state index contributed by atoms with van der Waals surface area (Å²) in [5.74, 6) is 0.627. The van der Waals surface area contributed by atoms with E-state index in [9.17, 15) is 9.59 Å². The van der Waals surface area contributed by atoms with Crippen LogP contribution in [-0.4, -0.2) is 40.3 Å². The third-order valence-corrected chi connectivity index (χ3v) is 6.97. The predicted octanol–water partition coefficient (Wildman–Crippen LogP) is 5.54. The maximum atomic E-state index is 14.0. The molecule has 0 aromatic heterocycles. The second-order valence-electron chi connectivity index (χ2n) is 9.59. The average molecular weight is 558 g/mol. The lowest BCUT2D eigenvalue weighted by Crippen LogP contribution is -2.35. The molecule has 0 radical (unpaired) electrons. The maximum absolute atomic E-state index is 14.0. The number of methoxy groups -OCH3 is 4. The number of hydrogen-bond acceptors (Lipinski definition) is 7. The lowest BCUT2D eigenvalue weighted by Gasteiger charge is -2.31. The number of amides is 2. The Bertz CT molecular complexity index is 1430. The van der Waals surface area contributed by atoms with Crippen LogP contribution in [0.3, 0.4) is 0 Å². The Kier molecular flexibility index (Phi) is 8.87. The van der Waals surface area contributed by atoms with E-state index in [0.717, 1.165) is 11.1 Å². The minimum Gasteiger partial charge on any atom is -0.497 e. The van der Waals surface area contributed by atoms with Gasteiger partial charge in [-0.05, 0) is 50.6 Å². The Morgan fingerprint density at radius 3 is 1.46 bits per heavy atom. The Morgan fingerprint density at radius 1 is 0.634 bits per heavy atom. The van der Waals surface area contributed by atoms with E-state index in [1.165, 1.54) is 14.2 Å². The van der Waals surface area contributed by atoms with Crippen molar-refractivity contribution in [2.75, 3.05) is 39.1 Å². The number of anilines is 2. The molecular weight excluding hydrogens is 522 g/mol. The second-order valence-corrected chi connectivity index (χ2v) is 9.59. The van der Waals surface area contributed by atoms with Gasteiger partial charge >= 0.3 is 0 Å². The normalized spacial score (nSPS) is 13.3. The summed E-state index contributed by atoms with van der Waals surface area (Å²) in [6, 6.07) is 18.1. The molecule has 214 valence electrons. The van der Waals surface area contributed by atoms with Crippen molar-refractivity contribution >= 4 is 23.2 Å². The van der Waals surface area contributed by atoms with Gasteiger partial charge in [0.1, 0.15) is 23.0 Å². The van der Waals surface area contributed by atoms with E-state index >= 15 is 0 Å². The Morgan fingerprint density at radius 2 is 1.07 bits per heavy atom. The third kappa shape index (κ3) is 6.14. The molecule has 0 saturated heterocycles. The largest absolute Gasteiger partial charge is 0.497 e. The first kappa shape index (κ1) is 29.1. The first-order chi connectivity index (χ1) is 19.7. The highest BCUT2D eigenvalue weighted by atomic mass is 16.5. The summed E-state index contributed by atoms with van der Waals surface area (Å²) in [4.78, 5) is 28.0. The zero-order chi connectivity index (χ0) is 29.7.